The molecule has 0 saturated heterocycles. The molecule has 9 heteroatoms. The average molecular weight is 428 g/mol. The normalized spacial score (nSPS) is 12.1. The van der Waals surface area contributed by atoms with Gasteiger partial charge in [-0.05, 0) is 36.4 Å². The van der Waals surface area contributed by atoms with Crippen molar-refractivity contribution in [2.45, 2.75) is 9.79 Å². The summed E-state index contributed by atoms with van der Waals surface area (Å²) in [5.41, 5.74) is 8.50. The maximum atomic E-state index is 13.5. The molecule has 2 N–H and O–H groups in total. The standard InChI is InChI=1S/C22H16N6O2S/c23-21-20(31(29,30)16-9-2-1-3-10-16)19-22(27-18-12-5-4-11-17(18)26-19)28(21)25-14-15-8-6-7-13-24-15/h1-14H,23H2/b25-14+. The van der Waals surface area contributed by atoms with Gasteiger partial charge in [-0.3, -0.25) is 4.98 Å². The van der Waals surface area contributed by atoms with E-state index < -0.39 is 9.84 Å². The Morgan fingerprint density at radius 2 is 1.55 bits per heavy atom. The molecular formula is C22H16N6O2S. The molecule has 31 heavy (non-hydrogen) atoms. The van der Waals surface area contributed by atoms with Gasteiger partial charge in [-0.15, -0.1) is 0 Å². The second-order valence-corrected chi connectivity index (χ2v) is 8.61. The average Bonchev–Trinajstić information content (AvgIpc) is 3.08. The zero-order valence-corrected chi connectivity index (χ0v) is 16.9. The van der Waals surface area contributed by atoms with Gasteiger partial charge in [0.05, 0.1) is 27.8 Å². The minimum absolute atomic E-state index is 0.0682. The lowest BCUT2D eigenvalue weighted by Gasteiger charge is -2.04. The largest absolute Gasteiger partial charge is 0.382 e. The first-order valence-corrected chi connectivity index (χ1v) is 10.9. The highest BCUT2D eigenvalue weighted by atomic mass is 32.2. The zero-order chi connectivity index (χ0) is 21.4. The highest BCUT2D eigenvalue weighted by molar-refractivity contribution is 7.92. The molecule has 0 bridgehead atoms. The molecule has 3 aromatic heterocycles. The molecule has 0 fully saturated rings. The molecule has 0 saturated carbocycles. The number of anilines is 1. The number of para-hydroxylation sites is 2. The Morgan fingerprint density at radius 3 is 2.26 bits per heavy atom. The number of hydrogen-bond donors (Lipinski definition) is 1. The summed E-state index contributed by atoms with van der Waals surface area (Å²) in [5.74, 6) is -0.0682. The highest BCUT2D eigenvalue weighted by Gasteiger charge is 2.30. The topological polar surface area (TPSA) is 116 Å². The number of rotatable bonds is 4. The van der Waals surface area contributed by atoms with Crippen molar-refractivity contribution in [3.8, 4) is 0 Å². The smallest absolute Gasteiger partial charge is 0.212 e. The summed E-state index contributed by atoms with van der Waals surface area (Å²) in [7, 11) is -3.96. The number of aromatic nitrogens is 4. The molecule has 5 aromatic rings. The molecule has 0 radical (unpaired) electrons. The molecule has 0 unspecified atom stereocenters. The summed E-state index contributed by atoms with van der Waals surface area (Å²) in [4.78, 5) is 13.4. The second kappa shape index (κ2) is 7.29. The summed E-state index contributed by atoms with van der Waals surface area (Å²) in [5, 5.41) is 4.38. The van der Waals surface area contributed by atoms with Crippen LogP contribution < -0.4 is 5.73 Å². The van der Waals surface area contributed by atoms with Crippen LogP contribution in [0.1, 0.15) is 5.69 Å². The van der Waals surface area contributed by atoms with Crippen molar-refractivity contribution in [1.29, 1.82) is 0 Å². The van der Waals surface area contributed by atoms with Crippen LogP contribution in [-0.4, -0.2) is 34.3 Å². The van der Waals surface area contributed by atoms with Crippen molar-refractivity contribution in [2.75, 3.05) is 5.73 Å². The highest BCUT2D eigenvalue weighted by Crippen LogP contribution is 2.35. The Morgan fingerprint density at radius 1 is 0.871 bits per heavy atom. The van der Waals surface area contributed by atoms with E-state index in [9.17, 15) is 8.42 Å². The Labute approximate surface area is 177 Å². The van der Waals surface area contributed by atoms with E-state index in [-0.39, 0.29) is 26.8 Å². The fourth-order valence-corrected chi connectivity index (χ4v) is 4.80. The van der Waals surface area contributed by atoms with Gasteiger partial charge in [0.1, 0.15) is 16.2 Å². The van der Waals surface area contributed by atoms with Crippen LogP contribution in [0.25, 0.3) is 22.2 Å². The van der Waals surface area contributed by atoms with Gasteiger partial charge in [0, 0.05) is 6.20 Å². The maximum absolute atomic E-state index is 13.5. The fourth-order valence-electron chi connectivity index (χ4n) is 3.29. The monoisotopic (exact) mass is 428 g/mol. The van der Waals surface area contributed by atoms with E-state index >= 15 is 0 Å². The lowest BCUT2D eigenvalue weighted by atomic mass is 10.3. The van der Waals surface area contributed by atoms with Crippen molar-refractivity contribution in [2.24, 2.45) is 5.10 Å². The van der Waals surface area contributed by atoms with Gasteiger partial charge >= 0.3 is 0 Å². The van der Waals surface area contributed by atoms with Crippen molar-refractivity contribution in [3.05, 3.63) is 84.7 Å². The van der Waals surface area contributed by atoms with Crippen LogP contribution >= 0.6 is 0 Å². The molecule has 0 aliphatic heterocycles. The summed E-state index contributed by atoms with van der Waals surface area (Å²) in [6.07, 6.45) is 3.13. The minimum Gasteiger partial charge on any atom is -0.382 e. The molecule has 0 aliphatic carbocycles. The number of nitrogens with zero attached hydrogens (tertiary/aromatic N) is 5. The van der Waals surface area contributed by atoms with Crippen molar-refractivity contribution in [3.63, 3.8) is 0 Å². The van der Waals surface area contributed by atoms with E-state index in [1.165, 1.54) is 23.0 Å². The zero-order valence-electron chi connectivity index (χ0n) is 16.1. The van der Waals surface area contributed by atoms with Gasteiger partial charge in [0.15, 0.2) is 5.65 Å². The Balaban J connectivity index is 1.82. The first-order valence-electron chi connectivity index (χ1n) is 9.38. The molecule has 0 aliphatic rings. The third-order valence-corrected chi connectivity index (χ3v) is 6.58. The second-order valence-electron chi connectivity index (χ2n) is 6.73. The quantitative estimate of drug-likeness (QED) is 0.439. The third kappa shape index (κ3) is 3.21. The Kier molecular flexibility index (Phi) is 4.45. The molecular weight excluding hydrogens is 412 g/mol. The first-order chi connectivity index (χ1) is 15.1. The van der Waals surface area contributed by atoms with Crippen LogP contribution in [-0.2, 0) is 9.84 Å². The van der Waals surface area contributed by atoms with Gasteiger partial charge in [0.2, 0.25) is 9.84 Å². The van der Waals surface area contributed by atoms with Gasteiger partial charge in [0.25, 0.3) is 0 Å². The number of nitrogen functional groups attached to an aromatic ring is 1. The van der Waals surface area contributed by atoms with E-state index in [2.05, 4.69) is 20.1 Å². The predicted molar refractivity (Wildman–Crippen MR) is 119 cm³/mol. The molecule has 0 atom stereocenters. The summed E-state index contributed by atoms with van der Waals surface area (Å²) in [6.45, 7) is 0. The van der Waals surface area contributed by atoms with E-state index in [1.54, 1.807) is 48.7 Å². The van der Waals surface area contributed by atoms with Gasteiger partial charge < -0.3 is 5.73 Å². The van der Waals surface area contributed by atoms with Crippen LogP contribution in [0.2, 0.25) is 0 Å². The summed E-state index contributed by atoms with van der Waals surface area (Å²) >= 11 is 0. The molecule has 0 amide bonds. The number of fused-ring (bicyclic) bond motifs is 2. The first kappa shape index (κ1) is 18.9. The number of hydrogen-bond acceptors (Lipinski definition) is 7. The molecule has 5 rings (SSSR count). The van der Waals surface area contributed by atoms with Gasteiger partial charge in [-0.25, -0.2) is 18.4 Å². The lowest BCUT2D eigenvalue weighted by Crippen LogP contribution is -2.06. The number of benzene rings is 2. The predicted octanol–water partition coefficient (Wildman–Crippen LogP) is 3.28. The number of sulfone groups is 1. The van der Waals surface area contributed by atoms with Crippen LogP contribution in [0, 0.1) is 0 Å². The van der Waals surface area contributed by atoms with E-state index in [0.717, 1.165) is 0 Å². The minimum atomic E-state index is -3.96. The lowest BCUT2D eigenvalue weighted by molar-refractivity contribution is 0.597. The van der Waals surface area contributed by atoms with E-state index in [0.29, 0.717) is 16.7 Å². The van der Waals surface area contributed by atoms with Crippen LogP contribution in [0.3, 0.4) is 0 Å². The van der Waals surface area contributed by atoms with Crippen molar-refractivity contribution >= 4 is 44.1 Å². The SMILES string of the molecule is Nc1c(S(=O)(=O)c2ccccc2)c2nc3ccccc3nc2n1/N=C/c1ccccn1. The maximum Gasteiger partial charge on any atom is 0.212 e. The molecule has 0 spiro atoms. The van der Waals surface area contributed by atoms with Crippen molar-refractivity contribution in [1.82, 2.24) is 19.6 Å². The van der Waals surface area contributed by atoms with Crippen LogP contribution in [0.5, 0.6) is 0 Å². The fraction of sp³-hybridized carbons (Fsp3) is 0. The number of pyridine rings is 1. The van der Waals surface area contributed by atoms with Crippen LogP contribution in [0.4, 0.5) is 5.82 Å². The van der Waals surface area contributed by atoms with Gasteiger partial charge in [-0.1, -0.05) is 36.4 Å². The summed E-state index contributed by atoms with van der Waals surface area (Å²) < 4.78 is 28.2. The van der Waals surface area contributed by atoms with Crippen LogP contribution in [0.15, 0.2) is 93.9 Å². The summed E-state index contributed by atoms with van der Waals surface area (Å²) in [6, 6.07) is 20.7. The molecule has 2 aromatic carbocycles. The Hall–Kier alpha value is -4.11. The number of nitrogens with two attached hydrogens (primary N) is 1. The molecule has 3 heterocycles. The Bertz CT molecular complexity index is 1550. The van der Waals surface area contributed by atoms with Gasteiger partial charge in [-0.2, -0.15) is 9.78 Å². The third-order valence-electron chi connectivity index (χ3n) is 4.74. The molecule has 8 nitrogen and oxygen atoms in total. The van der Waals surface area contributed by atoms with E-state index in [1.807, 2.05) is 18.2 Å². The van der Waals surface area contributed by atoms with Crippen molar-refractivity contribution < 1.29 is 8.42 Å². The molecule has 152 valence electrons. The van der Waals surface area contributed by atoms with E-state index in [4.69, 9.17) is 5.73 Å².